The summed E-state index contributed by atoms with van der Waals surface area (Å²) in [5.41, 5.74) is 0.247. The number of carbonyl (C=O) groups is 3. The first-order valence-electron chi connectivity index (χ1n) is 10.8. The Morgan fingerprint density at radius 1 is 1.00 bits per heavy atom. The number of piperidine rings is 1. The molecule has 1 aliphatic rings. The van der Waals surface area contributed by atoms with E-state index < -0.39 is 5.41 Å². The van der Waals surface area contributed by atoms with Crippen LogP contribution in [-0.2, 0) is 19.1 Å². The summed E-state index contributed by atoms with van der Waals surface area (Å²) in [6, 6.07) is 17.4. The van der Waals surface area contributed by atoms with Crippen LogP contribution in [0.3, 0.4) is 0 Å². The molecule has 1 heterocycles. The van der Waals surface area contributed by atoms with Gasteiger partial charge < -0.3 is 15.0 Å². The molecule has 2 aromatic carbocycles. The molecule has 170 valence electrons. The maximum absolute atomic E-state index is 12.4. The van der Waals surface area contributed by atoms with E-state index in [1.165, 1.54) is 0 Å². The van der Waals surface area contributed by atoms with Gasteiger partial charge in [0, 0.05) is 28.3 Å². The number of nitrogens with one attached hydrogen (secondary N) is 1. The average molecular weight is 455 g/mol. The van der Waals surface area contributed by atoms with E-state index >= 15 is 0 Å². The molecule has 1 fully saturated rings. The van der Waals surface area contributed by atoms with E-state index in [-0.39, 0.29) is 30.3 Å². The first-order chi connectivity index (χ1) is 15.2. The van der Waals surface area contributed by atoms with Gasteiger partial charge in [0.1, 0.15) is 0 Å². The van der Waals surface area contributed by atoms with Crippen LogP contribution in [0.25, 0.3) is 0 Å². The second-order valence-electron chi connectivity index (χ2n) is 8.88. The summed E-state index contributed by atoms with van der Waals surface area (Å²) in [5, 5.41) is 2.84. The normalized spacial score (nSPS) is 14.7. The SMILES string of the molecule is CC(C)(C)C(=O)N1CCC(C(=O)OCC(=O)Nc2ccccc2Sc2ccccc2)CC1. The summed E-state index contributed by atoms with van der Waals surface area (Å²) in [6.07, 6.45) is 1.11. The van der Waals surface area contributed by atoms with Gasteiger partial charge in [0.25, 0.3) is 5.91 Å². The number of nitrogens with zero attached hydrogens (tertiary/aromatic N) is 1. The molecule has 0 aromatic heterocycles. The third-order valence-corrected chi connectivity index (χ3v) is 6.32. The Labute approximate surface area is 193 Å². The van der Waals surface area contributed by atoms with Crippen LogP contribution < -0.4 is 5.32 Å². The highest BCUT2D eigenvalue weighted by Gasteiger charge is 2.33. The smallest absolute Gasteiger partial charge is 0.309 e. The van der Waals surface area contributed by atoms with Crippen LogP contribution in [-0.4, -0.2) is 42.4 Å². The molecule has 1 aliphatic heterocycles. The molecular weight excluding hydrogens is 424 g/mol. The number of ether oxygens (including phenoxy) is 1. The van der Waals surface area contributed by atoms with Gasteiger partial charge in [-0.1, -0.05) is 62.9 Å². The van der Waals surface area contributed by atoms with E-state index in [0.29, 0.717) is 31.6 Å². The molecule has 0 unspecified atom stereocenters. The fourth-order valence-electron chi connectivity index (χ4n) is 3.51. The third-order valence-electron chi connectivity index (χ3n) is 5.23. The largest absolute Gasteiger partial charge is 0.455 e. The Bertz CT molecular complexity index is 948. The number of benzene rings is 2. The number of rotatable bonds is 6. The number of anilines is 1. The Hall–Kier alpha value is -2.80. The standard InChI is InChI=1S/C25H30N2O4S/c1-25(2,3)24(30)27-15-13-18(14-16-27)23(29)31-17-22(28)26-20-11-7-8-12-21(20)32-19-9-5-4-6-10-19/h4-12,18H,13-17H2,1-3H3,(H,26,28). The quantitative estimate of drug-likeness (QED) is 0.646. The molecule has 32 heavy (non-hydrogen) atoms. The molecule has 7 heteroatoms. The summed E-state index contributed by atoms with van der Waals surface area (Å²) < 4.78 is 5.28. The van der Waals surface area contributed by atoms with Crippen molar-refractivity contribution in [3.8, 4) is 0 Å². The predicted molar refractivity (Wildman–Crippen MR) is 125 cm³/mol. The van der Waals surface area contributed by atoms with Crippen LogP contribution in [0.1, 0.15) is 33.6 Å². The number of likely N-dealkylation sites (tertiary alicyclic amines) is 1. The van der Waals surface area contributed by atoms with Crippen LogP contribution in [0.15, 0.2) is 64.4 Å². The molecule has 0 atom stereocenters. The summed E-state index contributed by atoms with van der Waals surface area (Å²) in [4.78, 5) is 41.0. The van der Waals surface area contributed by atoms with Crippen LogP contribution in [0.2, 0.25) is 0 Å². The van der Waals surface area contributed by atoms with Gasteiger partial charge in [-0.3, -0.25) is 14.4 Å². The third kappa shape index (κ3) is 6.60. The van der Waals surface area contributed by atoms with Crippen LogP contribution in [0.5, 0.6) is 0 Å². The Balaban J connectivity index is 1.48. The fraction of sp³-hybridized carbons (Fsp3) is 0.400. The highest BCUT2D eigenvalue weighted by atomic mass is 32.2. The van der Waals surface area contributed by atoms with Crippen molar-refractivity contribution in [1.29, 1.82) is 0 Å². The van der Waals surface area contributed by atoms with Crippen molar-refractivity contribution < 1.29 is 19.1 Å². The summed E-state index contributed by atoms with van der Waals surface area (Å²) in [5.74, 6) is -0.946. The van der Waals surface area contributed by atoms with Gasteiger partial charge in [-0.15, -0.1) is 0 Å². The molecule has 2 amide bonds. The van der Waals surface area contributed by atoms with Crippen molar-refractivity contribution in [2.24, 2.45) is 11.3 Å². The predicted octanol–water partition coefficient (Wildman–Crippen LogP) is 4.60. The molecule has 1 saturated heterocycles. The molecule has 0 aliphatic carbocycles. The zero-order valence-electron chi connectivity index (χ0n) is 18.8. The van der Waals surface area contributed by atoms with Crippen LogP contribution in [0, 0.1) is 11.3 Å². The Morgan fingerprint density at radius 3 is 2.28 bits per heavy atom. The first kappa shape index (κ1) is 23.9. The molecule has 0 bridgehead atoms. The Kier molecular flexibility index (Phi) is 7.96. The van der Waals surface area contributed by atoms with E-state index in [9.17, 15) is 14.4 Å². The second-order valence-corrected chi connectivity index (χ2v) is 10.00. The van der Waals surface area contributed by atoms with Crippen molar-refractivity contribution in [2.75, 3.05) is 25.0 Å². The van der Waals surface area contributed by atoms with Crippen molar-refractivity contribution >= 4 is 35.2 Å². The van der Waals surface area contributed by atoms with E-state index in [1.54, 1.807) is 16.7 Å². The molecule has 1 N–H and O–H groups in total. The molecule has 6 nitrogen and oxygen atoms in total. The van der Waals surface area contributed by atoms with E-state index in [0.717, 1.165) is 9.79 Å². The van der Waals surface area contributed by atoms with Gasteiger partial charge in [-0.05, 0) is 37.1 Å². The van der Waals surface area contributed by atoms with E-state index in [2.05, 4.69) is 5.32 Å². The maximum atomic E-state index is 12.4. The van der Waals surface area contributed by atoms with Crippen molar-refractivity contribution in [2.45, 2.75) is 43.4 Å². The lowest BCUT2D eigenvalue weighted by molar-refractivity contribution is -0.155. The molecule has 0 radical (unpaired) electrons. The number of hydrogen-bond acceptors (Lipinski definition) is 5. The second kappa shape index (κ2) is 10.7. The molecule has 0 spiro atoms. The fourth-order valence-corrected chi connectivity index (χ4v) is 4.43. The lowest BCUT2D eigenvalue weighted by Crippen LogP contribution is -2.45. The zero-order valence-corrected chi connectivity index (χ0v) is 19.6. The van der Waals surface area contributed by atoms with Crippen molar-refractivity contribution in [1.82, 2.24) is 4.90 Å². The highest BCUT2D eigenvalue weighted by molar-refractivity contribution is 7.99. The van der Waals surface area contributed by atoms with Gasteiger partial charge in [-0.2, -0.15) is 0 Å². The summed E-state index contributed by atoms with van der Waals surface area (Å²) >= 11 is 1.55. The van der Waals surface area contributed by atoms with Crippen molar-refractivity contribution in [3.05, 3.63) is 54.6 Å². The Morgan fingerprint density at radius 2 is 1.62 bits per heavy atom. The minimum absolute atomic E-state index is 0.0933. The maximum Gasteiger partial charge on any atom is 0.309 e. The zero-order chi connectivity index (χ0) is 23.1. The minimum atomic E-state index is -0.430. The van der Waals surface area contributed by atoms with E-state index in [1.807, 2.05) is 75.4 Å². The van der Waals surface area contributed by atoms with Crippen LogP contribution >= 0.6 is 11.8 Å². The number of carbonyl (C=O) groups excluding carboxylic acids is 3. The summed E-state index contributed by atoms with van der Waals surface area (Å²) in [7, 11) is 0. The molecular formula is C25H30N2O4S. The van der Waals surface area contributed by atoms with Gasteiger partial charge in [0.15, 0.2) is 6.61 Å². The lowest BCUT2D eigenvalue weighted by atomic mass is 9.91. The van der Waals surface area contributed by atoms with Gasteiger partial charge in [0.05, 0.1) is 11.6 Å². The lowest BCUT2D eigenvalue weighted by Gasteiger charge is -2.34. The summed E-state index contributed by atoms with van der Waals surface area (Å²) in [6.45, 7) is 6.42. The molecule has 0 saturated carbocycles. The average Bonchev–Trinajstić information content (AvgIpc) is 2.78. The van der Waals surface area contributed by atoms with Gasteiger partial charge in [-0.25, -0.2) is 0 Å². The number of esters is 1. The monoisotopic (exact) mass is 454 g/mol. The molecule has 3 rings (SSSR count). The van der Waals surface area contributed by atoms with Crippen LogP contribution in [0.4, 0.5) is 5.69 Å². The minimum Gasteiger partial charge on any atom is -0.455 e. The number of para-hydroxylation sites is 1. The van der Waals surface area contributed by atoms with Crippen molar-refractivity contribution in [3.63, 3.8) is 0 Å². The van der Waals surface area contributed by atoms with Gasteiger partial charge in [0.2, 0.25) is 5.91 Å². The molecule has 2 aromatic rings. The number of hydrogen-bond donors (Lipinski definition) is 1. The first-order valence-corrected chi connectivity index (χ1v) is 11.6. The highest BCUT2D eigenvalue weighted by Crippen LogP contribution is 2.33. The van der Waals surface area contributed by atoms with Gasteiger partial charge >= 0.3 is 5.97 Å². The van der Waals surface area contributed by atoms with E-state index in [4.69, 9.17) is 4.74 Å². The number of amides is 2. The topological polar surface area (TPSA) is 75.7 Å².